The lowest BCUT2D eigenvalue weighted by molar-refractivity contribution is -0.155. The first-order chi connectivity index (χ1) is 23.8. The summed E-state index contributed by atoms with van der Waals surface area (Å²) in [4.78, 5) is 21.7. The molecule has 0 unspecified atom stereocenters. The topological polar surface area (TPSA) is 122 Å². The molecule has 0 saturated carbocycles. The molecule has 4 aromatic rings. The van der Waals surface area contributed by atoms with Crippen LogP contribution in [0.3, 0.4) is 0 Å². The Kier molecular flexibility index (Phi) is 13.0. The minimum Gasteiger partial charge on any atom is -0.497 e. The van der Waals surface area contributed by atoms with Crippen molar-refractivity contribution in [1.82, 2.24) is 18.8 Å². The molecule has 0 saturated heterocycles. The van der Waals surface area contributed by atoms with E-state index < -0.39 is 42.0 Å². The van der Waals surface area contributed by atoms with Crippen molar-refractivity contribution < 1.29 is 36.6 Å². The molecule has 0 amide bonds. The molecule has 276 valence electrons. The van der Waals surface area contributed by atoms with E-state index in [4.69, 9.17) is 47.1 Å². The SMILES string of the molecule is COc1ccc(CN(CC(=O)OC(C)(C)C)S(=O)(=O)c2ccc(-c3nc(-c4ccc(F)cn4)n(COCC[Si](C)(C)C)c3Cl)c(Cl)c2)c(OC)c1. The minimum absolute atomic E-state index is 0.0279. The van der Waals surface area contributed by atoms with E-state index in [2.05, 4.69) is 24.6 Å². The zero-order chi connectivity index (χ0) is 37.7. The van der Waals surface area contributed by atoms with Crippen LogP contribution in [0, 0.1) is 5.82 Å². The maximum absolute atomic E-state index is 14.2. The van der Waals surface area contributed by atoms with Gasteiger partial charge >= 0.3 is 5.97 Å². The summed E-state index contributed by atoms with van der Waals surface area (Å²) in [6, 6.07) is 12.7. The second kappa shape index (κ2) is 16.4. The summed E-state index contributed by atoms with van der Waals surface area (Å²) in [6.45, 7) is 11.5. The van der Waals surface area contributed by atoms with E-state index in [-0.39, 0.29) is 34.0 Å². The summed E-state index contributed by atoms with van der Waals surface area (Å²) < 4.78 is 67.0. The Balaban J connectivity index is 1.73. The number of carbonyl (C=O) groups is 1. The third-order valence-electron chi connectivity index (χ3n) is 7.48. The van der Waals surface area contributed by atoms with Crippen molar-refractivity contribution in [3.63, 3.8) is 0 Å². The largest absolute Gasteiger partial charge is 0.497 e. The highest BCUT2D eigenvalue weighted by Gasteiger charge is 2.31. The molecule has 0 aliphatic rings. The lowest BCUT2D eigenvalue weighted by Crippen LogP contribution is -2.38. The van der Waals surface area contributed by atoms with E-state index in [0.29, 0.717) is 40.8 Å². The molecule has 4 rings (SSSR count). The van der Waals surface area contributed by atoms with Gasteiger partial charge in [0.25, 0.3) is 0 Å². The van der Waals surface area contributed by atoms with Gasteiger partial charge in [-0.1, -0.05) is 48.9 Å². The van der Waals surface area contributed by atoms with Gasteiger partial charge in [-0.25, -0.2) is 22.8 Å². The zero-order valence-electron chi connectivity index (χ0n) is 29.9. The molecular weight excluding hydrogens is 738 g/mol. The molecule has 0 aliphatic heterocycles. The van der Waals surface area contributed by atoms with Gasteiger partial charge in [-0.05, 0) is 63.2 Å². The number of ether oxygens (including phenoxy) is 4. The summed E-state index contributed by atoms with van der Waals surface area (Å²) in [5, 5.41) is 0.194. The van der Waals surface area contributed by atoms with Crippen LogP contribution in [0.2, 0.25) is 35.9 Å². The van der Waals surface area contributed by atoms with E-state index >= 15 is 0 Å². The monoisotopic (exact) mass is 780 g/mol. The first-order valence-corrected chi connectivity index (χ1v) is 21.9. The standard InChI is InChI=1S/C35H43Cl2FN4O7SSi/c1-35(2,3)49-31(43)21-41(20-23-9-11-25(46-4)17-30(23)47-5)50(44,45)26-12-13-27(28(36)18-26)32-33(37)42(22-48-15-16-51(6,7)8)34(40-32)29-14-10-24(38)19-39-29/h9-14,17-19H,15-16,20-22H2,1-8H3. The number of esters is 1. The minimum atomic E-state index is -4.36. The Morgan fingerprint density at radius 2 is 1.75 bits per heavy atom. The number of nitrogens with zero attached hydrogens (tertiary/aromatic N) is 4. The number of aromatic nitrogens is 3. The molecule has 0 radical (unpaired) electrons. The normalized spacial score (nSPS) is 12.3. The lowest BCUT2D eigenvalue weighted by atomic mass is 10.2. The average Bonchev–Trinajstić information content (AvgIpc) is 3.37. The number of rotatable bonds is 15. The molecule has 0 fully saturated rings. The number of hydrogen-bond donors (Lipinski definition) is 0. The molecule has 0 atom stereocenters. The number of imidazole rings is 1. The molecule has 2 heterocycles. The molecule has 0 bridgehead atoms. The summed E-state index contributed by atoms with van der Waals surface area (Å²) in [5.41, 5.74) is 0.564. The van der Waals surface area contributed by atoms with Gasteiger partial charge in [0.15, 0.2) is 5.82 Å². The Bertz CT molecular complexity index is 1960. The van der Waals surface area contributed by atoms with Crippen molar-refractivity contribution in [2.45, 2.75) is 70.2 Å². The quantitative estimate of drug-likeness (QED) is 0.0673. The second-order valence-electron chi connectivity index (χ2n) is 13.9. The molecular formula is C35H43Cl2FN4O7SSi. The van der Waals surface area contributed by atoms with Crippen molar-refractivity contribution in [2.24, 2.45) is 0 Å². The van der Waals surface area contributed by atoms with Crippen molar-refractivity contribution >= 4 is 47.3 Å². The molecule has 0 spiro atoms. The Morgan fingerprint density at radius 3 is 2.33 bits per heavy atom. The molecule has 51 heavy (non-hydrogen) atoms. The van der Waals surface area contributed by atoms with Gasteiger partial charge in [0, 0.05) is 38.4 Å². The van der Waals surface area contributed by atoms with Gasteiger partial charge in [-0.2, -0.15) is 4.31 Å². The molecule has 2 aromatic heterocycles. The smallest absolute Gasteiger partial charge is 0.321 e. The average molecular weight is 782 g/mol. The van der Waals surface area contributed by atoms with Crippen LogP contribution in [0.15, 0.2) is 59.6 Å². The fourth-order valence-electron chi connectivity index (χ4n) is 4.87. The number of halogens is 3. The summed E-state index contributed by atoms with van der Waals surface area (Å²) in [7, 11) is -2.78. The summed E-state index contributed by atoms with van der Waals surface area (Å²) >= 11 is 13.7. The van der Waals surface area contributed by atoms with Crippen LogP contribution in [0.1, 0.15) is 26.3 Å². The van der Waals surface area contributed by atoms with E-state index in [1.54, 1.807) is 43.5 Å². The highest BCUT2D eigenvalue weighted by Crippen LogP contribution is 2.38. The predicted molar refractivity (Wildman–Crippen MR) is 198 cm³/mol. The number of sulfonamides is 1. The fourth-order valence-corrected chi connectivity index (χ4v) is 7.63. The van der Waals surface area contributed by atoms with E-state index in [0.717, 1.165) is 16.5 Å². The van der Waals surface area contributed by atoms with Crippen LogP contribution in [0.4, 0.5) is 4.39 Å². The number of pyridine rings is 1. The third-order valence-corrected chi connectivity index (χ3v) is 11.7. The number of carbonyl (C=O) groups excluding carboxylic acids is 1. The van der Waals surface area contributed by atoms with Gasteiger partial charge in [-0.15, -0.1) is 0 Å². The molecule has 0 aliphatic carbocycles. The summed E-state index contributed by atoms with van der Waals surface area (Å²) in [6.07, 6.45) is 1.07. The highest BCUT2D eigenvalue weighted by molar-refractivity contribution is 7.89. The highest BCUT2D eigenvalue weighted by atomic mass is 35.5. The van der Waals surface area contributed by atoms with Crippen LogP contribution >= 0.6 is 23.2 Å². The maximum atomic E-state index is 14.2. The van der Waals surface area contributed by atoms with Crippen LogP contribution in [0.5, 0.6) is 11.5 Å². The van der Waals surface area contributed by atoms with E-state index in [9.17, 15) is 17.6 Å². The van der Waals surface area contributed by atoms with Gasteiger partial charge in [0.2, 0.25) is 10.0 Å². The number of hydrogen-bond acceptors (Lipinski definition) is 9. The van der Waals surface area contributed by atoms with Gasteiger partial charge < -0.3 is 18.9 Å². The van der Waals surface area contributed by atoms with Crippen molar-refractivity contribution in [2.75, 3.05) is 27.4 Å². The van der Waals surface area contributed by atoms with Crippen LogP contribution in [-0.4, -0.2) is 74.3 Å². The zero-order valence-corrected chi connectivity index (χ0v) is 33.2. The fraction of sp³-hybridized carbons (Fsp3) is 0.400. The van der Waals surface area contributed by atoms with E-state index in [1.165, 1.54) is 44.6 Å². The first kappa shape index (κ1) is 40.2. The van der Waals surface area contributed by atoms with Crippen LogP contribution in [0.25, 0.3) is 22.8 Å². The van der Waals surface area contributed by atoms with Crippen molar-refractivity contribution in [3.05, 3.63) is 76.3 Å². The van der Waals surface area contributed by atoms with Gasteiger partial charge in [0.05, 0.1) is 30.3 Å². The predicted octanol–water partition coefficient (Wildman–Crippen LogP) is 7.92. The Hall–Kier alpha value is -3.53. The molecule has 11 nitrogen and oxygen atoms in total. The third kappa shape index (κ3) is 10.5. The van der Waals surface area contributed by atoms with Gasteiger partial charge in [-0.3, -0.25) is 9.36 Å². The molecule has 0 N–H and O–H groups in total. The maximum Gasteiger partial charge on any atom is 0.321 e. The lowest BCUT2D eigenvalue weighted by Gasteiger charge is -2.25. The number of methoxy groups -OCH3 is 2. The second-order valence-corrected chi connectivity index (χ2v) is 22.2. The Labute approximate surface area is 309 Å². The first-order valence-electron chi connectivity index (χ1n) is 16.0. The van der Waals surface area contributed by atoms with Crippen LogP contribution in [-0.2, 0) is 37.6 Å². The van der Waals surface area contributed by atoms with Crippen molar-refractivity contribution in [3.8, 4) is 34.3 Å². The number of benzene rings is 2. The van der Waals surface area contributed by atoms with Crippen molar-refractivity contribution in [1.29, 1.82) is 0 Å². The van der Waals surface area contributed by atoms with Gasteiger partial charge in [0.1, 0.15) is 52.7 Å². The Morgan fingerprint density at radius 1 is 1.02 bits per heavy atom. The molecule has 2 aromatic carbocycles. The summed E-state index contributed by atoms with van der Waals surface area (Å²) in [5.74, 6) is -0.0636. The molecule has 16 heteroatoms. The van der Waals surface area contributed by atoms with E-state index in [1.807, 2.05) is 0 Å². The van der Waals surface area contributed by atoms with Crippen LogP contribution < -0.4 is 9.47 Å².